The normalized spacial score (nSPS) is 21.9. The summed E-state index contributed by atoms with van der Waals surface area (Å²) in [5.74, 6) is 2.76. The van der Waals surface area contributed by atoms with Crippen molar-refractivity contribution in [3.8, 4) is 0 Å². The average molecular weight is 537 g/mol. The van der Waals surface area contributed by atoms with E-state index in [1.54, 1.807) is 11.1 Å². The van der Waals surface area contributed by atoms with Crippen LogP contribution in [0, 0.1) is 5.92 Å². The van der Waals surface area contributed by atoms with E-state index in [9.17, 15) is 0 Å². The fourth-order valence-corrected chi connectivity index (χ4v) is 6.73. The van der Waals surface area contributed by atoms with E-state index in [0.29, 0.717) is 12.0 Å². The molecule has 35 heavy (non-hydrogen) atoms. The SMILES string of the molecule is CCCN1C[C@H](CSC)CC2c3cccc4c3c(cn4Cc3ccc(Cl)cc3)C[C@H]21.O=S(=O)(O)O. The van der Waals surface area contributed by atoms with Crippen LogP contribution >= 0.6 is 23.4 Å². The summed E-state index contributed by atoms with van der Waals surface area (Å²) in [6, 6.07) is 16.0. The molecule has 1 saturated heterocycles. The molecule has 190 valence electrons. The van der Waals surface area contributed by atoms with Crippen LogP contribution < -0.4 is 0 Å². The van der Waals surface area contributed by atoms with E-state index in [0.717, 1.165) is 17.5 Å². The van der Waals surface area contributed by atoms with E-state index >= 15 is 0 Å². The Morgan fingerprint density at radius 2 is 1.86 bits per heavy atom. The molecule has 9 heteroatoms. The van der Waals surface area contributed by atoms with Crippen molar-refractivity contribution in [1.82, 2.24) is 9.47 Å². The van der Waals surface area contributed by atoms with Gasteiger partial charge in [-0.1, -0.05) is 42.8 Å². The minimum Gasteiger partial charge on any atom is -0.343 e. The van der Waals surface area contributed by atoms with E-state index < -0.39 is 10.4 Å². The average Bonchev–Trinajstić information content (AvgIpc) is 3.14. The molecule has 2 heterocycles. The molecule has 0 saturated carbocycles. The second kappa shape index (κ2) is 11.2. The van der Waals surface area contributed by atoms with Crippen molar-refractivity contribution in [3.63, 3.8) is 0 Å². The Kier molecular flexibility index (Phi) is 8.51. The summed E-state index contributed by atoms with van der Waals surface area (Å²) in [4.78, 5) is 2.81. The van der Waals surface area contributed by atoms with Crippen molar-refractivity contribution in [3.05, 3.63) is 70.4 Å². The monoisotopic (exact) mass is 536 g/mol. The lowest BCUT2D eigenvalue weighted by Gasteiger charge is -2.47. The first kappa shape index (κ1) is 26.5. The van der Waals surface area contributed by atoms with Crippen LogP contribution in [0.25, 0.3) is 10.9 Å². The fraction of sp³-hybridized carbons (Fsp3) is 0.462. The second-order valence-corrected chi connectivity index (χ2v) is 11.8. The molecule has 1 fully saturated rings. The first-order chi connectivity index (χ1) is 16.7. The molecule has 1 aromatic heterocycles. The summed E-state index contributed by atoms with van der Waals surface area (Å²) < 4.78 is 34.0. The molecule has 5 rings (SSSR count). The van der Waals surface area contributed by atoms with Gasteiger partial charge >= 0.3 is 10.4 Å². The highest BCUT2D eigenvalue weighted by Crippen LogP contribution is 2.45. The number of halogens is 1. The van der Waals surface area contributed by atoms with Crippen molar-refractivity contribution in [2.45, 2.75) is 44.7 Å². The Morgan fingerprint density at radius 1 is 1.14 bits per heavy atom. The van der Waals surface area contributed by atoms with E-state index in [-0.39, 0.29) is 0 Å². The molecule has 6 nitrogen and oxygen atoms in total. The van der Waals surface area contributed by atoms with Crippen LogP contribution in [-0.4, -0.2) is 58.1 Å². The lowest BCUT2D eigenvalue weighted by Crippen LogP contribution is -2.50. The number of piperidine rings is 1. The third-order valence-electron chi connectivity index (χ3n) is 7.04. The zero-order chi connectivity index (χ0) is 25.2. The summed E-state index contributed by atoms with van der Waals surface area (Å²) in [6.45, 7) is 5.72. The van der Waals surface area contributed by atoms with Crippen LogP contribution in [0.1, 0.15) is 42.4 Å². The standard InChI is InChI=1S/C26H31ClN2S.H2O4S/c1-3-11-28-15-19(17-30-2)12-23-22-5-4-6-24-26(22)20(13-25(23)28)16-29(24)14-18-7-9-21(27)10-8-18;1-5(2,3)4/h4-10,16,19,23,25H,3,11-15,17H2,1-2H3;(H2,1,2,3,4)/t19-,23?,25-;/m1./s1. The van der Waals surface area contributed by atoms with Crippen LogP contribution in [0.4, 0.5) is 0 Å². The van der Waals surface area contributed by atoms with Gasteiger partial charge in [-0.2, -0.15) is 20.2 Å². The maximum atomic E-state index is 8.74. The number of likely N-dealkylation sites (tertiary alicyclic amines) is 1. The molecule has 2 aliphatic rings. The zero-order valence-electron chi connectivity index (χ0n) is 20.1. The van der Waals surface area contributed by atoms with Gasteiger partial charge in [0, 0.05) is 47.2 Å². The molecular formula is C26H33ClN2O4S2. The van der Waals surface area contributed by atoms with E-state index in [4.69, 9.17) is 29.1 Å². The van der Waals surface area contributed by atoms with Gasteiger partial charge in [0.1, 0.15) is 0 Å². The summed E-state index contributed by atoms with van der Waals surface area (Å²) in [5, 5.41) is 2.34. The van der Waals surface area contributed by atoms with Crippen LogP contribution in [0.15, 0.2) is 48.7 Å². The van der Waals surface area contributed by atoms with Crippen molar-refractivity contribution in [2.75, 3.05) is 25.1 Å². The Morgan fingerprint density at radius 3 is 2.51 bits per heavy atom. The smallest absolute Gasteiger partial charge is 0.343 e. The van der Waals surface area contributed by atoms with Crippen LogP contribution in [0.3, 0.4) is 0 Å². The van der Waals surface area contributed by atoms with Gasteiger partial charge in [-0.25, -0.2) is 0 Å². The molecule has 0 amide bonds. The molecule has 1 aliphatic carbocycles. The highest BCUT2D eigenvalue weighted by molar-refractivity contribution is 7.98. The molecule has 1 unspecified atom stereocenters. The Bertz CT molecular complexity index is 1250. The Balaban J connectivity index is 0.000000527. The summed E-state index contributed by atoms with van der Waals surface area (Å²) >= 11 is 8.11. The molecule has 0 spiro atoms. The molecule has 2 aromatic carbocycles. The summed E-state index contributed by atoms with van der Waals surface area (Å²) in [6.07, 6.45) is 8.46. The molecule has 2 N–H and O–H groups in total. The van der Waals surface area contributed by atoms with Crippen molar-refractivity contribution in [2.24, 2.45) is 5.92 Å². The van der Waals surface area contributed by atoms with Crippen LogP contribution in [0.5, 0.6) is 0 Å². The molecule has 3 aromatic rings. The molecule has 3 atom stereocenters. The first-order valence-corrected chi connectivity index (χ1v) is 15.1. The number of benzene rings is 2. The number of aromatic nitrogens is 1. The third-order valence-corrected chi connectivity index (χ3v) is 8.09. The van der Waals surface area contributed by atoms with Gasteiger partial charge in [0.2, 0.25) is 0 Å². The number of nitrogens with zero attached hydrogens (tertiary/aromatic N) is 2. The first-order valence-electron chi connectivity index (χ1n) is 12.0. The molecular weight excluding hydrogens is 504 g/mol. The lowest BCUT2D eigenvalue weighted by molar-refractivity contribution is 0.0926. The zero-order valence-corrected chi connectivity index (χ0v) is 22.5. The lowest BCUT2D eigenvalue weighted by atomic mass is 9.72. The summed E-state index contributed by atoms with van der Waals surface area (Å²) in [5.41, 5.74) is 5.84. The van der Waals surface area contributed by atoms with Gasteiger partial charge in [-0.15, -0.1) is 0 Å². The third kappa shape index (κ3) is 6.42. The summed E-state index contributed by atoms with van der Waals surface area (Å²) in [7, 11) is -4.67. The fourth-order valence-electron chi connectivity index (χ4n) is 5.89. The number of rotatable bonds is 6. The topological polar surface area (TPSA) is 82.8 Å². The second-order valence-electron chi connectivity index (χ2n) is 9.53. The van der Waals surface area contributed by atoms with Gasteiger partial charge in [0.15, 0.2) is 0 Å². The van der Waals surface area contributed by atoms with Gasteiger partial charge in [0.25, 0.3) is 0 Å². The van der Waals surface area contributed by atoms with Crippen molar-refractivity contribution < 1.29 is 17.5 Å². The number of thioether (sulfide) groups is 1. The van der Waals surface area contributed by atoms with E-state index in [2.05, 4.69) is 59.2 Å². The molecule has 1 aliphatic heterocycles. The Hall–Kier alpha value is -1.55. The number of fused-ring (bicyclic) bond motifs is 2. The predicted octanol–water partition coefficient (Wildman–Crippen LogP) is 5.79. The van der Waals surface area contributed by atoms with Crippen LogP contribution in [0.2, 0.25) is 5.02 Å². The van der Waals surface area contributed by atoms with Gasteiger partial charge < -0.3 is 4.57 Å². The Labute approximate surface area is 217 Å². The quantitative estimate of drug-likeness (QED) is 0.388. The van der Waals surface area contributed by atoms with Gasteiger partial charge in [-0.3, -0.25) is 14.0 Å². The van der Waals surface area contributed by atoms with E-state index in [1.807, 2.05) is 23.9 Å². The number of hydrogen-bond donors (Lipinski definition) is 2. The van der Waals surface area contributed by atoms with Gasteiger partial charge in [0.05, 0.1) is 0 Å². The molecule has 0 bridgehead atoms. The predicted molar refractivity (Wildman–Crippen MR) is 145 cm³/mol. The van der Waals surface area contributed by atoms with Crippen molar-refractivity contribution in [1.29, 1.82) is 0 Å². The minimum atomic E-state index is -4.67. The van der Waals surface area contributed by atoms with Crippen molar-refractivity contribution >= 4 is 44.7 Å². The van der Waals surface area contributed by atoms with Gasteiger partial charge in [-0.05, 0) is 78.6 Å². The largest absolute Gasteiger partial charge is 0.394 e. The maximum absolute atomic E-state index is 8.74. The highest BCUT2D eigenvalue weighted by Gasteiger charge is 2.40. The molecule has 0 radical (unpaired) electrons. The highest BCUT2D eigenvalue weighted by atomic mass is 35.5. The maximum Gasteiger partial charge on any atom is 0.394 e. The number of hydrogen-bond acceptors (Lipinski definition) is 4. The van der Waals surface area contributed by atoms with Crippen LogP contribution in [-0.2, 0) is 23.4 Å². The van der Waals surface area contributed by atoms with E-state index in [1.165, 1.54) is 54.6 Å². The minimum absolute atomic E-state index is 0.660.